The molecule has 1 rings (SSSR count). The van der Waals surface area contributed by atoms with E-state index in [0.717, 1.165) is 4.47 Å². The van der Waals surface area contributed by atoms with Crippen LogP contribution in [0.1, 0.15) is 20.8 Å². The smallest absolute Gasteiger partial charge is 0.324 e. The Balaban J connectivity index is 2.96. The summed E-state index contributed by atoms with van der Waals surface area (Å²) in [5.74, 6) is -2.61. The molecule has 0 aliphatic heterocycles. The molecule has 0 aliphatic carbocycles. The fourth-order valence-corrected chi connectivity index (χ4v) is 2.42. The van der Waals surface area contributed by atoms with Crippen LogP contribution in [0.5, 0.6) is 0 Å². The summed E-state index contributed by atoms with van der Waals surface area (Å²) in [5.41, 5.74) is 4.80. The summed E-state index contributed by atoms with van der Waals surface area (Å²) in [6.07, 6.45) is 0. The zero-order valence-corrected chi connectivity index (χ0v) is 13.3. The molecule has 2 atom stereocenters. The number of aliphatic carboxylic acids is 1. The molecular weight excluding hydrogens is 324 g/mol. The third-order valence-corrected chi connectivity index (χ3v) is 3.70. The Hall–Kier alpha value is -1.40. The van der Waals surface area contributed by atoms with Crippen LogP contribution in [0.3, 0.4) is 0 Å². The highest BCUT2D eigenvalue weighted by Crippen LogP contribution is 2.25. The van der Waals surface area contributed by atoms with Crippen molar-refractivity contribution in [2.45, 2.75) is 26.3 Å². The van der Waals surface area contributed by atoms with Crippen LogP contribution in [0.2, 0.25) is 0 Å². The van der Waals surface area contributed by atoms with Gasteiger partial charge in [0.05, 0.1) is 5.92 Å². The monoisotopic (exact) mass is 342 g/mol. The first kappa shape index (κ1) is 16.7. The normalized spacial score (nSPS) is 15.5. The van der Waals surface area contributed by atoms with Crippen molar-refractivity contribution in [3.8, 4) is 0 Å². The number of nitrogens with one attached hydrogen (secondary N) is 1. The highest BCUT2D eigenvalue weighted by Gasteiger charge is 2.44. The molecule has 2 unspecified atom stereocenters. The Morgan fingerprint density at radius 1 is 1.30 bits per heavy atom. The van der Waals surface area contributed by atoms with Crippen LogP contribution in [-0.2, 0) is 9.59 Å². The van der Waals surface area contributed by atoms with E-state index in [-0.39, 0.29) is 5.92 Å². The van der Waals surface area contributed by atoms with E-state index in [1.54, 1.807) is 38.1 Å². The van der Waals surface area contributed by atoms with Gasteiger partial charge in [0.2, 0.25) is 5.91 Å². The summed E-state index contributed by atoms with van der Waals surface area (Å²) < 4.78 is 0.894. The van der Waals surface area contributed by atoms with Crippen molar-refractivity contribution in [1.82, 2.24) is 0 Å². The van der Waals surface area contributed by atoms with Crippen LogP contribution in [-0.4, -0.2) is 22.5 Å². The first-order valence-corrected chi connectivity index (χ1v) is 7.04. The molecule has 6 heteroatoms. The molecular formula is C14H19BrN2O3. The number of rotatable bonds is 5. The van der Waals surface area contributed by atoms with E-state index in [9.17, 15) is 14.7 Å². The molecule has 0 bridgehead atoms. The second-order valence-corrected chi connectivity index (χ2v) is 6.22. The number of carboxylic acids is 1. The average Bonchev–Trinajstić information content (AvgIpc) is 2.31. The number of carboxylic acid groups (broad SMARTS) is 1. The second kappa shape index (κ2) is 6.37. The van der Waals surface area contributed by atoms with Gasteiger partial charge >= 0.3 is 5.97 Å². The average molecular weight is 343 g/mol. The maximum absolute atomic E-state index is 12.3. The summed E-state index contributed by atoms with van der Waals surface area (Å²) in [4.78, 5) is 23.6. The van der Waals surface area contributed by atoms with Gasteiger partial charge in [-0.15, -0.1) is 0 Å². The predicted molar refractivity (Wildman–Crippen MR) is 81.3 cm³/mol. The van der Waals surface area contributed by atoms with E-state index >= 15 is 0 Å². The fraction of sp³-hybridized carbons (Fsp3) is 0.429. The standard InChI is InChI=1S/C14H19BrN2O3/c1-8(2)11(14(3,16)13(19)20)12(18)17-10-6-4-9(15)5-7-10/h4-8,11H,16H2,1-3H3,(H,17,18)(H,19,20). The molecule has 0 radical (unpaired) electrons. The van der Waals surface area contributed by atoms with Gasteiger partial charge in [0, 0.05) is 10.2 Å². The molecule has 110 valence electrons. The summed E-state index contributed by atoms with van der Waals surface area (Å²) in [5, 5.41) is 11.9. The third-order valence-electron chi connectivity index (χ3n) is 3.17. The van der Waals surface area contributed by atoms with Crippen molar-refractivity contribution < 1.29 is 14.7 Å². The first-order valence-electron chi connectivity index (χ1n) is 6.25. The Morgan fingerprint density at radius 3 is 2.20 bits per heavy atom. The highest BCUT2D eigenvalue weighted by molar-refractivity contribution is 9.10. The number of benzene rings is 1. The number of nitrogens with two attached hydrogens (primary N) is 1. The van der Waals surface area contributed by atoms with Gasteiger partial charge in [-0.3, -0.25) is 9.59 Å². The molecule has 0 heterocycles. The Kier molecular flexibility index (Phi) is 5.30. The lowest BCUT2D eigenvalue weighted by atomic mass is 9.78. The largest absolute Gasteiger partial charge is 0.480 e. The minimum Gasteiger partial charge on any atom is -0.480 e. The van der Waals surface area contributed by atoms with Crippen molar-refractivity contribution in [2.24, 2.45) is 17.6 Å². The quantitative estimate of drug-likeness (QED) is 0.766. The van der Waals surface area contributed by atoms with Gasteiger partial charge in [-0.1, -0.05) is 29.8 Å². The van der Waals surface area contributed by atoms with Gasteiger partial charge in [-0.2, -0.15) is 0 Å². The minimum atomic E-state index is -1.62. The molecule has 1 aromatic rings. The molecule has 20 heavy (non-hydrogen) atoms. The summed E-state index contributed by atoms with van der Waals surface area (Å²) in [7, 11) is 0. The zero-order valence-electron chi connectivity index (χ0n) is 11.7. The number of anilines is 1. The summed E-state index contributed by atoms with van der Waals surface area (Å²) in [6, 6.07) is 7.04. The molecule has 0 fully saturated rings. The molecule has 0 saturated heterocycles. The Morgan fingerprint density at radius 2 is 1.80 bits per heavy atom. The van der Waals surface area contributed by atoms with E-state index < -0.39 is 23.3 Å². The predicted octanol–water partition coefficient (Wildman–Crippen LogP) is 2.46. The fourth-order valence-electron chi connectivity index (χ4n) is 2.15. The Bertz CT molecular complexity index is 498. The van der Waals surface area contributed by atoms with Crippen molar-refractivity contribution in [1.29, 1.82) is 0 Å². The first-order chi connectivity index (χ1) is 9.16. The van der Waals surface area contributed by atoms with Crippen LogP contribution in [0.25, 0.3) is 0 Å². The van der Waals surface area contributed by atoms with Gasteiger partial charge in [-0.05, 0) is 37.1 Å². The van der Waals surface area contributed by atoms with E-state index in [2.05, 4.69) is 21.2 Å². The maximum atomic E-state index is 12.3. The molecule has 0 spiro atoms. The number of hydrogen-bond donors (Lipinski definition) is 3. The maximum Gasteiger partial charge on any atom is 0.324 e. The van der Waals surface area contributed by atoms with Gasteiger partial charge in [-0.25, -0.2) is 0 Å². The van der Waals surface area contributed by atoms with Gasteiger partial charge in [0.1, 0.15) is 5.54 Å². The van der Waals surface area contributed by atoms with E-state index in [4.69, 9.17) is 5.73 Å². The number of carbonyl (C=O) groups is 2. The van der Waals surface area contributed by atoms with Crippen LogP contribution >= 0.6 is 15.9 Å². The molecule has 5 nitrogen and oxygen atoms in total. The van der Waals surface area contributed by atoms with Crippen LogP contribution < -0.4 is 11.1 Å². The van der Waals surface area contributed by atoms with Crippen LogP contribution in [0, 0.1) is 11.8 Å². The number of hydrogen-bond acceptors (Lipinski definition) is 3. The summed E-state index contributed by atoms with van der Waals surface area (Å²) in [6.45, 7) is 4.92. The van der Waals surface area contributed by atoms with Crippen LogP contribution in [0.15, 0.2) is 28.7 Å². The molecule has 0 aliphatic rings. The van der Waals surface area contributed by atoms with E-state index in [1.807, 2.05) is 0 Å². The SMILES string of the molecule is CC(C)C(C(=O)Nc1ccc(Br)cc1)C(C)(N)C(=O)O. The zero-order chi connectivity index (χ0) is 15.5. The number of carbonyl (C=O) groups excluding carboxylic acids is 1. The molecule has 0 saturated carbocycles. The van der Waals surface area contributed by atoms with Crippen LogP contribution in [0.4, 0.5) is 5.69 Å². The molecule has 4 N–H and O–H groups in total. The highest BCUT2D eigenvalue weighted by atomic mass is 79.9. The van der Waals surface area contributed by atoms with Gasteiger partial charge in [0.25, 0.3) is 0 Å². The topological polar surface area (TPSA) is 92.4 Å². The van der Waals surface area contributed by atoms with Crippen molar-refractivity contribution in [3.05, 3.63) is 28.7 Å². The number of halogens is 1. The van der Waals surface area contributed by atoms with Gasteiger partial charge < -0.3 is 16.2 Å². The van der Waals surface area contributed by atoms with E-state index in [1.165, 1.54) is 6.92 Å². The second-order valence-electron chi connectivity index (χ2n) is 5.31. The lowest BCUT2D eigenvalue weighted by molar-refractivity contribution is -0.148. The van der Waals surface area contributed by atoms with Crippen molar-refractivity contribution in [2.75, 3.05) is 5.32 Å². The van der Waals surface area contributed by atoms with Gasteiger partial charge in [0.15, 0.2) is 0 Å². The molecule has 1 aromatic carbocycles. The molecule has 0 aromatic heterocycles. The Labute approximate surface area is 126 Å². The summed E-state index contributed by atoms with van der Waals surface area (Å²) >= 11 is 3.30. The van der Waals surface area contributed by atoms with Crippen molar-refractivity contribution in [3.63, 3.8) is 0 Å². The lowest BCUT2D eigenvalue weighted by Gasteiger charge is -2.32. The minimum absolute atomic E-state index is 0.198. The number of amides is 1. The van der Waals surface area contributed by atoms with Crippen molar-refractivity contribution >= 4 is 33.5 Å². The van der Waals surface area contributed by atoms with E-state index in [0.29, 0.717) is 5.69 Å². The molecule has 1 amide bonds. The lowest BCUT2D eigenvalue weighted by Crippen LogP contribution is -2.57. The third kappa shape index (κ3) is 3.80.